The molecular weight excluding hydrogens is 476 g/mol. The first-order chi connectivity index (χ1) is 17.4. The van der Waals surface area contributed by atoms with Crippen molar-refractivity contribution in [1.29, 1.82) is 0 Å². The third kappa shape index (κ3) is 7.52. The van der Waals surface area contributed by atoms with Gasteiger partial charge < -0.3 is 15.4 Å². The molecule has 2 amide bonds. The van der Waals surface area contributed by atoms with Crippen molar-refractivity contribution in [2.45, 2.75) is 32.4 Å². The molecule has 1 atom stereocenters. The number of pyridine rings is 1. The van der Waals surface area contributed by atoms with Crippen molar-refractivity contribution in [1.82, 2.24) is 15.6 Å². The number of nitrogens with zero attached hydrogens (tertiary/aromatic N) is 2. The molecule has 2 aromatic carbocycles. The fraction of sp³-hybridized carbons (Fsp3) is 0.214. The highest BCUT2D eigenvalue weighted by Crippen LogP contribution is 2.21. The van der Waals surface area contributed by atoms with Crippen LogP contribution in [0.2, 0.25) is 5.02 Å². The van der Waals surface area contributed by atoms with E-state index in [1.807, 2.05) is 25.1 Å². The van der Waals surface area contributed by atoms with Gasteiger partial charge in [-0.1, -0.05) is 35.9 Å². The van der Waals surface area contributed by atoms with Crippen LogP contribution in [0.4, 0.5) is 5.82 Å². The van der Waals surface area contributed by atoms with Crippen LogP contribution in [-0.4, -0.2) is 36.2 Å². The molecule has 0 bridgehead atoms. The molecule has 0 aliphatic heterocycles. The molecule has 1 heterocycles. The Morgan fingerprint density at radius 3 is 2.56 bits per heavy atom. The zero-order valence-electron chi connectivity index (χ0n) is 20.3. The van der Waals surface area contributed by atoms with Crippen molar-refractivity contribution in [2.24, 2.45) is 4.99 Å². The van der Waals surface area contributed by atoms with Crippen LogP contribution < -0.4 is 15.4 Å². The number of methoxy groups -OCH3 is 1. The van der Waals surface area contributed by atoms with Crippen LogP contribution in [0.15, 0.2) is 78.4 Å². The monoisotopic (exact) mass is 504 g/mol. The van der Waals surface area contributed by atoms with Crippen molar-refractivity contribution < 1.29 is 14.3 Å². The van der Waals surface area contributed by atoms with E-state index < -0.39 is 0 Å². The highest BCUT2D eigenvalue weighted by atomic mass is 35.5. The van der Waals surface area contributed by atoms with Gasteiger partial charge in [-0.15, -0.1) is 6.58 Å². The lowest BCUT2D eigenvalue weighted by Gasteiger charge is -2.17. The molecule has 0 saturated carbocycles. The largest absolute Gasteiger partial charge is 0.496 e. The van der Waals surface area contributed by atoms with Gasteiger partial charge in [-0.05, 0) is 55.3 Å². The minimum Gasteiger partial charge on any atom is -0.496 e. The fourth-order valence-electron chi connectivity index (χ4n) is 3.52. The second-order valence-electron chi connectivity index (χ2n) is 8.09. The summed E-state index contributed by atoms with van der Waals surface area (Å²) in [6.45, 7) is 6.03. The van der Waals surface area contributed by atoms with Crippen LogP contribution in [-0.2, 0) is 6.54 Å². The molecule has 36 heavy (non-hydrogen) atoms. The van der Waals surface area contributed by atoms with Gasteiger partial charge >= 0.3 is 0 Å². The molecule has 2 N–H and O–H groups in total. The van der Waals surface area contributed by atoms with Crippen molar-refractivity contribution in [3.63, 3.8) is 0 Å². The summed E-state index contributed by atoms with van der Waals surface area (Å²) < 4.78 is 5.31. The maximum atomic E-state index is 12.8. The van der Waals surface area contributed by atoms with Gasteiger partial charge in [-0.3, -0.25) is 9.59 Å². The summed E-state index contributed by atoms with van der Waals surface area (Å²) in [6.07, 6.45) is 6.02. The topological polar surface area (TPSA) is 92.7 Å². The number of nitrogens with one attached hydrogen (secondary N) is 2. The van der Waals surface area contributed by atoms with Crippen molar-refractivity contribution in [3.05, 3.63) is 101 Å². The molecule has 1 aromatic heterocycles. The van der Waals surface area contributed by atoms with Crippen molar-refractivity contribution >= 4 is 35.4 Å². The molecule has 3 aromatic rings. The maximum Gasteiger partial charge on any atom is 0.253 e. The Labute approximate surface area is 216 Å². The summed E-state index contributed by atoms with van der Waals surface area (Å²) >= 11 is 5.88. The number of ether oxygens (including phenoxy) is 1. The Hall–Kier alpha value is -3.97. The Balaban J connectivity index is 1.55. The van der Waals surface area contributed by atoms with Gasteiger partial charge in [0.05, 0.1) is 12.7 Å². The molecule has 0 aliphatic rings. The van der Waals surface area contributed by atoms with Crippen LogP contribution in [0.5, 0.6) is 5.75 Å². The molecule has 0 saturated heterocycles. The van der Waals surface area contributed by atoms with Crippen LogP contribution in [0, 0.1) is 6.92 Å². The molecular formula is C28H29ClN4O3. The van der Waals surface area contributed by atoms with E-state index >= 15 is 0 Å². The molecule has 0 aliphatic carbocycles. The molecule has 1 unspecified atom stereocenters. The second-order valence-corrected chi connectivity index (χ2v) is 8.53. The number of hydrogen-bond donors (Lipinski definition) is 2. The van der Waals surface area contributed by atoms with Gasteiger partial charge in [-0.25, -0.2) is 9.98 Å². The highest BCUT2D eigenvalue weighted by Gasteiger charge is 2.16. The SMILES string of the molecule is C=CCC(CC=Nc1ccc(C(=O)NCc2ccc(Cl)cc2)cn1)NC(=O)c1cccc(OC)c1C. The Morgan fingerprint density at radius 1 is 1.11 bits per heavy atom. The molecule has 3 rings (SSSR count). The smallest absolute Gasteiger partial charge is 0.253 e. The summed E-state index contributed by atoms with van der Waals surface area (Å²) in [4.78, 5) is 33.8. The van der Waals surface area contributed by atoms with Gasteiger partial charge in [0, 0.05) is 47.6 Å². The van der Waals surface area contributed by atoms with Gasteiger partial charge in [0.15, 0.2) is 5.82 Å². The van der Waals surface area contributed by atoms with Crippen LogP contribution >= 0.6 is 11.6 Å². The van der Waals surface area contributed by atoms with Gasteiger partial charge in [0.2, 0.25) is 0 Å². The zero-order chi connectivity index (χ0) is 25.9. The lowest BCUT2D eigenvalue weighted by Crippen LogP contribution is -2.35. The Bertz CT molecular complexity index is 1220. The first-order valence-corrected chi connectivity index (χ1v) is 11.9. The first-order valence-electron chi connectivity index (χ1n) is 11.5. The number of halogens is 1. The van der Waals surface area contributed by atoms with E-state index in [4.69, 9.17) is 16.3 Å². The Morgan fingerprint density at radius 2 is 1.89 bits per heavy atom. The number of carbonyl (C=O) groups excluding carboxylic acids is 2. The predicted octanol–water partition coefficient (Wildman–Crippen LogP) is 5.45. The minimum atomic E-state index is -0.227. The molecule has 186 valence electrons. The first kappa shape index (κ1) is 26.6. The van der Waals surface area contributed by atoms with Crippen LogP contribution in [0.3, 0.4) is 0 Å². The van der Waals surface area contributed by atoms with E-state index in [0.29, 0.717) is 47.1 Å². The molecule has 0 fully saturated rings. The lowest BCUT2D eigenvalue weighted by molar-refractivity contribution is 0.0933. The minimum absolute atomic E-state index is 0.178. The van der Waals surface area contributed by atoms with E-state index in [9.17, 15) is 9.59 Å². The number of hydrogen-bond acceptors (Lipinski definition) is 5. The summed E-state index contributed by atoms with van der Waals surface area (Å²) in [6, 6.07) is 15.8. The summed E-state index contributed by atoms with van der Waals surface area (Å²) in [5.41, 5.74) is 2.73. The van der Waals surface area contributed by atoms with Crippen LogP contribution in [0.25, 0.3) is 0 Å². The van der Waals surface area contributed by atoms with Crippen molar-refractivity contribution in [3.8, 4) is 5.75 Å². The number of aliphatic imine (C=N–C) groups is 1. The van der Waals surface area contributed by atoms with Gasteiger partial charge in [0.25, 0.3) is 11.8 Å². The molecule has 7 nitrogen and oxygen atoms in total. The number of carbonyl (C=O) groups is 2. The molecule has 8 heteroatoms. The lowest BCUT2D eigenvalue weighted by atomic mass is 10.1. The molecule has 0 radical (unpaired) electrons. The molecule has 0 spiro atoms. The average molecular weight is 505 g/mol. The number of benzene rings is 2. The third-order valence-electron chi connectivity index (χ3n) is 5.52. The number of amides is 2. The number of aromatic nitrogens is 1. The predicted molar refractivity (Wildman–Crippen MR) is 143 cm³/mol. The summed E-state index contributed by atoms with van der Waals surface area (Å²) in [5, 5.41) is 6.53. The quantitative estimate of drug-likeness (QED) is 0.268. The maximum absolute atomic E-state index is 12.8. The standard InChI is InChI=1S/C28H29ClN4O3/c1-4-6-23(33-28(35)24-7-5-8-25(36-3)19(24)2)15-16-30-26-14-11-21(18-31-26)27(34)32-17-20-9-12-22(29)13-10-20/h4-5,7-14,16,18,23H,1,6,15,17H2,2-3H3,(H,32,34)(H,33,35). The van der Waals surface area contributed by atoms with E-state index in [2.05, 4.69) is 27.2 Å². The fourth-order valence-corrected chi connectivity index (χ4v) is 3.64. The van der Waals surface area contributed by atoms with Crippen molar-refractivity contribution in [2.75, 3.05) is 7.11 Å². The average Bonchev–Trinajstić information content (AvgIpc) is 2.88. The Kier molecular flexibility index (Phi) is 9.77. The summed E-state index contributed by atoms with van der Waals surface area (Å²) in [7, 11) is 1.58. The number of rotatable bonds is 11. The third-order valence-corrected chi connectivity index (χ3v) is 5.78. The summed E-state index contributed by atoms with van der Waals surface area (Å²) in [5.74, 6) is 0.725. The van der Waals surface area contributed by atoms with E-state index in [-0.39, 0.29) is 17.9 Å². The van der Waals surface area contributed by atoms with E-state index in [1.54, 1.807) is 55.8 Å². The normalized spacial score (nSPS) is 11.6. The highest BCUT2D eigenvalue weighted by molar-refractivity contribution is 6.30. The second kappa shape index (κ2) is 13.2. The van der Waals surface area contributed by atoms with Gasteiger partial charge in [-0.2, -0.15) is 0 Å². The van der Waals surface area contributed by atoms with E-state index in [1.165, 1.54) is 6.20 Å². The van der Waals surface area contributed by atoms with E-state index in [0.717, 1.165) is 11.1 Å². The zero-order valence-corrected chi connectivity index (χ0v) is 21.1. The van der Waals surface area contributed by atoms with Crippen LogP contribution in [0.1, 0.15) is 44.7 Å². The van der Waals surface area contributed by atoms with Gasteiger partial charge in [0.1, 0.15) is 5.75 Å².